The van der Waals surface area contributed by atoms with Crippen LogP contribution in [0.25, 0.3) is 0 Å². The predicted molar refractivity (Wildman–Crippen MR) is 49.2 cm³/mol. The van der Waals surface area contributed by atoms with Gasteiger partial charge in [0.2, 0.25) is 0 Å². The quantitative estimate of drug-likeness (QED) is 0.317. The Morgan fingerprint density at radius 1 is 1.27 bits per heavy atom. The van der Waals surface area contributed by atoms with Crippen molar-refractivity contribution in [2.75, 3.05) is 6.61 Å². The summed E-state index contributed by atoms with van der Waals surface area (Å²) in [7, 11) is 1.86. The molecule has 0 amide bonds. The Morgan fingerprint density at radius 2 is 2.00 bits per heavy atom. The molecular formula is C8H9BF3NO2. The van der Waals surface area contributed by atoms with Crippen LogP contribution in [0.1, 0.15) is 5.69 Å². The summed E-state index contributed by atoms with van der Waals surface area (Å²) in [5.41, 5.74) is 1.48. The van der Waals surface area contributed by atoms with Gasteiger partial charge in [-0.05, 0) is 6.07 Å². The van der Waals surface area contributed by atoms with Crippen molar-refractivity contribution in [2.24, 2.45) is 0 Å². The fraction of sp³-hybridized carbons (Fsp3) is 0.375. The van der Waals surface area contributed by atoms with Gasteiger partial charge < -0.3 is 0 Å². The summed E-state index contributed by atoms with van der Waals surface area (Å²) in [5.74, 6) is 0. The van der Waals surface area contributed by atoms with E-state index in [4.69, 9.17) is 0 Å². The van der Waals surface area contributed by atoms with E-state index in [1.807, 2.05) is 7.85 Å². The Kier molecular flexibility index (Phi) is 4.10. The fourth-order valence-electron chi connectivity index (χ4n) is 0.794. The zero-order chi connectivity index (χ0) is 11.3. The normalized spacial score (nSPS) is 11.7. The van der Waals surface area contributed by atoms with Crippen molar-refractivity contribution >= 4 is 13.3 Å². The second-order valence-electron chi connectivity index (χ2n) is 2.97. The fourth-order valence-corrected chi connectivity index (χ4v) is 0.794. The number of hydrogen-bond acceptors (Lipinski definition) is 3. The zero-order valence-corrected chi connectivity index (χ0v) is 8.04. The topological polar surface area (TPSA) is 31.4 Å². The molecule has 0 aliphatic heterocycles. The third-order valence-electron chi connectivity index (χ3n) is 1.49. The van der Waals surface area contributed by atoms with Crippen LogP contribution in [0.5, 0.6) is 0 Å². The van der Waals surface area contributed by atoms with Crippen LogP contribution in [-0.2, 0) is 16.4 Å². The first kappa shape index (κ1) is 12.0. The molecule has 0 saturated carbocycles. The minimum Gasteiger partial charge on any atom is -0.259 e. The summed E-state index contributed by atoms with van der Waals surface area (Å²) in [6.07, 6.45) is -2.77. The number of hydrogen-bond donors (Lipinski definition) is 0. The summed E-state index contributed by atoms with van der Waals surface area (Å²) in [6, 6.07) is 3.45. The summed E-state index contributed by atoms with van der Waals surface area (Å²) in [5, 5.41) is 0. The van der Waals surface area contributed by atoms with Crippen molar-refractivity contribution in [1.82, 2.24) is 4.98 Å². The molecule has 1 heterocycles. The molecule has 0 aromatic carbocycles. The number of rotatable bonds is 4. The maximum absolute atomic E-state index is 11.6. The van der Waals surface area contributed by atoms with E-state index in [0.29, 0.717) is 5.69 Å². The number of halogens is 3. The van der Waals surface area contributed by atoms with E-state index in [0.717, 1.165) is 5.46 Å². The predicted octanol–water partition coefficient (Wildman–Crippen LogP) is 0.350. The molecule has 0 N–H and O–H groups in total. The van der Waals surface area contributed by atoms with Crippen LogP contribution in [0.4, 0.5) is 13.2 Å². The van der Waals surface area contributed by atoms with Crippen molar-refractivity contribution in [3.05, 3.63) is 24.0 Å². The highest BCUT2D eigenvalue weighted by molar-refractivity contribution is 6.31. The number of nitrogens with zero attached hydrogens (tertiary/aromatic N) is 1. The van der Waals surface area contributed by atoms with Crippen LogP contribution in [-0.4, -0.2) is 25.6 Å². The molecule has 0 aliphatic rings. The van der Waals surface area contributed by atoms with Gasteiger partial charge in [0.15, 0.2) is 6.61 Å². The highest BCUT2D eigenvalue weighted by atomic mass is 19.4. The van der Waals surface area contributed by atoms with E-state index >= 15 is 0 Å². The average molecular weight is 219 g/mol. The SMILES string of the molecule is Bc1ccc(COOCC(F)(F)F)nc1. The van der Waals surface area contributed by atoms with Crippen molar-refractivity contribution < 1.29 is 22.9 Å². The van der Waals surface area contributed by atoms with E-state index in [-0.39, 0.29) is 6.61 Å². The molecule has 1 rings (SSSR count). The third kappa shape index (κ3) is 5.39. The van der Waals surface area contributed by atoms with Gasteiger partial charge in [-0.25, -0.2) is 9.78 Å². The van der Waals surface area contributed by atoms with Gasteiger partial charge in [0, 0.05) is 6.20 Å². The second kappa shape index (κ2) is 5.13. The number of pyridine rings is 1. The number of alkyl halides is 3. The summed E-state index contributed by atoms with van der Waals surface area (Å²) in [6.45, 7) is -1.52. The lowest BCUT2D eigenvalue weighted by Gasteiger charge is -2.06. The molecule has 1 aromatic rings. The molecule has 0 spiro atoms. The van der Waals surface area contributed by atoms with Gasteiger partial charge in [-0.3, -0.25) is 4.98 Å². The van der Waals surface area contributed by atoms with Gasteiger partial charge in [-0.15, -0.1) is 0 Å². The Hall–Kier alpha value is -1.08. The highest BCUT2D eigenvalue weighted by Crippen LogP contribution is 2.14. The molecular weight excluding hydrogens is 210 g/mol. The van der Waals surface area contributed by atoms with Gasteiger partial charge in [0.05, 0.1) is 5.69 Å². The Labute approximate surface area is 85.6 Å². The van der Waals surface area contributed by atoms with Gasteiger partial charge in [-0.2, -0.15) is 13.2 Å². The van der Waals surface area contributed by atoms with Crippen molar-refractivity contribution in [3.63, 3.8) is 0 Å². The first-order valence-electron chi connectivity index (χ1n) is 4.20. The monoisotopic (exact) mass is 219 g/mol. The lowest BCUT2D eigenvalue weighted by molar-refractivity contribution is -0.347. The maximum Gasteiger partial charge on any atom is 0.414 e. The van der Waals surface area contributed by atoms with E-state index in [1.165, 1.54) is 0 Å². The van der Waals surface area contributed by atoms with Crippen molar-refractivity contribution in [3.8, 4) is 0 Å². The zero-order valence-electron chi connectivity index (χ0n) is 8.04. The third-order valence-corrected chi connectivity index (χ3v) is 1.49. The Bertz CT molecular complexity index is 302. The van der Waals surface area contributed by atoms with E-state index < -0.39 is 12.8 Å². The van der Waals surface area contributed by atoms with Crippen LogP contribution in [0.2, 0.25) is 0 Å². The first-order valence-corrected chi connectivity index (χ1v) is 4.20. The largest absolute Gasteiger partial charge is 0.414 e. The smallest absolute Gasteiger partial charge is 0.259 e. The summed E-state index contributed by atoms with van der Waals surface area (Å²) < 4.78 is 34.8. The molecule has 0 aliphatic carbocycles. The van der Waals surface area contributed by atoms with Crippen molar-refractivity contribution in [2.45, 2.75) is 12.8 Å². The van der Waals surface area contributed by atoms with Crippen LogP contribution in [0.3, 0.4) is 0 Å². The summed E-state index contributed by atoms with van der Waals surface area (Å²) >= 11 is 0. The molecule has 1 aromatic heterocycles. The van der Waals surface area contributed by atoms with Gasteiger partial charge in [0.1, 0.15) is 14.5 Å². The van der Waals surface area contributed by atoms with Crippen LogP contribution in [0.15, 0.2) is 18.3 Å². The van der Waals surface area contributed by atoms with Crippen LogP contribution < -0.4 is 5.46 Å². The van der Waals surface area contributed by atoms with Gasteiger partial charge >= 0.3 is 6.18 Å². The maximum atomic E-state index is 11.6. The molecule has 0 saturated heterocycles. The second-order valence-corrected chi connectivity index (χ2v) is 2.97. The molecule has 0 unspecified atom stereocenters. The van der Waals surface area contributed by atoms with E-state index in [1.54, 1.807) is 18.3 Å². The molecule has 0 radical (unpaired) electrons. The van der Waals surface area contributed by atoms with Crippen LogP contribution in [0, 0.1) is 0 Å². The van der Waals surface area contributed by atoms with Gasteiger partial charge in [-0.1, -0.05) is 11.5 Å². The molecule has 7 heteroatoms. The molecule has 0 atom stereocenters. The highest BCUT2D eigenvalue weighted by Gasteiger charge is 2.28. The lowest BCUT2D eigenvalue weighted by atomic mass is 9.99. The Morgan fingerprint density at radius 3 is 2.53 bits per heavy atom. The standard InChI is InChI=1S/C8H9BF3NO2/c9-6-1-2-7(13-3-6)4-14-15-5-8(10,11)12/h1-3H,4-5,9H2. The first-order chi connectivity index (χ1) is 6.97. The summed E-state index contributed by atoms with van der Waals surface area (Å²) in [4.78, 5) is 12.2. The van der Waals surface area contributed by atoms with E-state index in [2.05, 4.69) is 14.8 Å². The molecule has 0 bridgehead atoms. The van der Waals surface area contributed by atoms with Crippen molar-refractivity contribution in [1.29, 1.82) is 0 Å². The van der Waals surface area contributed by atoms with Crippen LogP contribution >= 0.6 is 0 Å². The molecule has 3 nitrogen and oxygen atoms in total. The average Bonchev–Trinajstić information content (AvgIpc) is 2.14. The molecule has 82 valence electrons. The molecule has 15 heavy (non-hydrogen) atoms. The number of aromatic nitrogens is 1. The van der Waals surface area contributed by atoms with Gasteiger partial charge in [0.25, 0.3) is 0 Å². The minimum absolute atomic E-state index is 0.101. The lowest BCUT2D eigenvalue weighted by Crippen LogP contribution is -2.17. The van der Waals surface area contributed by atoms with E-state index in [9.17, 15) is 13.2 Å². The minimum atomic E-state index is -4.37. The molecule has 0 fully saturated rings. The Balaban J connectivity index is 2.23.